The van der Waals surface area contributed by atoms with E-state index in [-0.39, 0.29) is 5.82 Å². The first-order valence-electron chi connectivity index (χ1n) is 4.97. The molecule has 0 saturated carbocycles. The number of hydrogen-bond donors (Lipinski definition) is 1. The Morgan fingerprint density at radius 2 is 1.89 bits per heavy atom. The van der Waals surface area contributed by atoms with Gasteiger partial charge < -0.3 is 4.74 Å². The lowest BCUT2D eigenvalue weighted by Gasteiger charge is -2.19. The number of ether oxygens (including phenoxy) is 1. The number of alkyl halides is 3. The maximum Gasteiger partial charge on any atom is 0.434 e. The third-order valence-corrected chi connectivity index (χ3v) is 1.55. The number of halogens is 3. The van der Waals surface area contributed by atoms with E-state index in [0.717, 1.165) is 6.20 Å². The molecule has 1 heterocycles. The van der Waals surface area contributed by atoms with Gasteiger partial charge in [-0.25, -0.2) is 9.78 Å². The van der Waals surface area contributed by atoms with E-state index in [1.54, 1.807) is 20.8 Å². The molecule has 0 aliphatic rings. The molecule has 0 radical (unpaired) electrons. The highest BCUT2D eigenvalue weighted by Gasteiger charge is 2.33. The SMILES string of the molecule is CC(C)(C)OC(=O)Nc1cncc(C(F)(F)F)n1. The van der Waals surface area contributed by atoms with Crippen molar-refractivity contribution >= 4 is 11.9 Å². The van der Waals surface area contributed by atoms with Crippen molar-refractivity contribution < 1.29 is 22.7 Å². The van der Waals surface area contributed by atoms with Crippen molar-refractivity contribution in [2.24, 2.45) is 0 Å². The molecule has 0 aliphatic heterocycles. The number of carbonyl (C=O) groups is 1. The van der Waals surface area contributed by atoms with Gasteiger partial charge in [-0.2, -0.15) is 13.2 Å². The van der Waals surface area contributed by atoms with E-state index in [1.165, 1.54) is 0 Å². The van der Waals surface area contributed by atoms with E-state index in [4.69, 9.17) is 4.74 Å². The Morgan fingerprint density at radius 3 is 2.39 bits per heavy atom. The minimum atomic E-state index is -4.61. The number of aromatic nitrogens is 2. The molecule has 100 valence electrons. The number of amides is 1. The number of carbonyl (C=O) groups excluding carboxylic acids is 1. The van der Waals surface area contributed by atoms with Crippen molar-refractivity contribution in [3.05, 3.63) is 18.1 Å². The maximum absolute atomic E-state index is 12.3. The zero-order valence-corrected chi connectivity index (χ0v) is 10.00. The molecule has 0 aromatic carbocycles. The van der Waals surface area contributed by atoms with Gasteiger partial charge in [-0.05, 0) is 20.8 Å². The van der Waals surface area contributed by atoms with Gasteiger partial charge in [-0.3, -0.25) is 10.3 Å². The van der Waals surface area contributed by atoms with Gasteiger partial charge in [0.1, 0.15) is 5.60 Å². The zero-order valence-electron chi connectivity index (χ0n) is 10.00. The molecule has 1 amide bonds. The Morgan fingerprint density at radius 1 is 1.28 bits per heavy atom. The topological polar surface area (TPSA) is 64.1 Å². The van der Waals surface area contributed by atoms with Crippen LogP contribution in [0.5, 0.6) is 0 Å². The average molecular weight is 263 g/mol. The Bertz CT molecular complexity index is 441. The van der Waals surface area contributed by atoms with Gasteiger partial charge >= 0.3 is 12.3 Å². The first kappa shape index (κ1) is 14.2. The molecule has 0 spiro atoms. The summed E-state index contributed by atoms with van der Waals surface area (Å²) in [5.74, 6) is -0.320. The lowest BCUT2D eigenvalue weighted by atomic mass is 10.2. The lowest BCUT2D eigenvalue weighted by Crippen LogP contribution is -2.27. The van der Waals surface area contributed by atoms with Crippen LogP contribution in [0, 0.1) is 0 Å². The van der Waals surface area contributed by atoms with Crippen LogP contribution in [0.1, 0.15) is 26.5 Å². The lowest BCUT2D eigenvalue weighted by molar-refractivity contribution is -0.141. The number of anilines is 1. The summed E-state index contributed by atoms with van der Waals surface area (Å²) in [6, 6.07) is 0. The number of rotatable bonds is 1. The van der Waals surface area contributed by atoms with Crippen LogP contribution >= 0.6 is 0 Å². The van der Waals surface area contributed by atoms with Crippen LogP contribution in [-0.4, -0.2) is 21.7 Å². The Hall–Kier alpha value is -1.86. The van der Waals surface area contributed by atoms with Crippen LogP contribution in [0.2, 0.25) is 0 Å². The second kappa shape index (κ2) is 4.79. The second-order valence-corrected chi connectivity index (χ2v) is 4.41. The third-order valence-electron chi connectivity index (χ3n) is 1.55. The van der Waals surface area contributed by atoms with E-state index < -0.39 is 23.6 Å². The van der Waals surface area contributed by atoms with Crippen molar-refractivity contribution in [1.82, 2.24) is 9.97 Å². The van der Waals surface area contributed by atoms with Gasteiger partial charge in [-0.1, -0.05) is 0 Å². The van der Waals surface area contributed by atoms with Gasteiger partial charge in [0.2, 0.25) is 0 Å². The summed E-state index contributed by atoms with van der Waals surface area (Å²) < 4.78 is 41.9. The highest BCUT2D eigenvalue weighted by molar-refractivity contribution is 5.83. The van der Waals surface area contributed by atoms with Crippen molar-refractivity contribution in [2.75, 3.05) is 5.32 Å². The summed E-state index contributed by atoms with van der Waals surface area (Å²) in [4.78, 5) is 17.9. The highest BCUT2D eigenvalue weighted by Crippen LogP contribution is 2.27. The van der Waals surface area contributed by atoms with E-state index in [0.29, 0.717) is 6.20 Å². The number of nitrogens with one attached hydrogen (secondary N) is 1. The molecular formula is C10H12F3N3O2. The molecule has 5 nitrogen and oxygen atoms in total. The van der Waals surface area contributed by atoms with Crippen LogP contribution in [0.25, 0.3) is 0 Å². The monoisotopic (exact) mass is 263 g/mol. The second-order valence-electron chi connectivity index (χ2n) is 4.41. The zero-order chi connectivity index (χ0) is 14.0. The maximum atomic E-state index is 12.3. The molecular weight excluding hydrogens is 251 g/mol. The predicted molar refractivity (Wildman–Crippen MR) is 56.9 cm³/mol. The molecule has 1 rings (SSSR count). The first-order chi connectivity index (χ1) is 8.08. The number of hydrogen-bond acceptors (Lipinski definition) is 4. The molecule has 0 atom stereocenters. The molecule has 0 aliphatic carbocycles. The fraction of sp³-hybridized carbons (Fsp3) is 0.500. The molecule has 0 fully saturated rings. The fourth-order valence-corrected chi connectivity index (χ4v) is 0.971. The molecule has 0 saturated heterocycles. The van der Waals surface area contributed by atoms with E-state index >= 15 is 0 Å². The van der Waals surface area contributed by atoms with E-state index in [2.05, 4.69) is 15.3 Å². The van der Waals surface area contributed by atoms with Crippen molar-refractivity contribution in [3.8, 4) is 0 Å². The first-order valence-corrected chi connectivity index (χ1v) is 4.97. The Labute approximate surface area is 101 Å². The number of nitrogens with zero attached hydrogens (tertiary/aromatic N) is 2. The molecule has 0 bridgehead atoms. The van der Waals surface area contributed by atoms with Gasteiger partial charge in [0.05, 0.1) is 12.4 Å². The average Bonchev–Trinajstić information content (AvgIpc) is 2.13. The summed E-state index contributed by atoms with van der Waals surface area (Å²) in [5, 5.41) is 2.08. The smallest absolute Gasteiger partial charge is 0.434 e. The third kappa shape index (κ3) is 4.56. The van der Waals surface area contributed by atoms with Crippen molar-refractivity contribution in [2.45, 2.75) is 32.5 Å². The van der Waals surface area contributed by atoms with Gasteiger partial charge in [-0.15, -0.1) is 0 Å². The summed E-state index contributed by atoms with van der Waals surface area (Å²) in [7, 11) is 0. The quantitative estimate of drug-likeness (QED) is 0.846. The Kier molecular flexibility index (Phi) is 3.78. The summed E-state index contributed by atoms with van der Waals surface area (Å²) in [6.45, 7) is 4.89. The molecule has 8 heteroatoms. The molecule has 0 unspecified atom stereocenters. The van der Waals surface area contributed by atoms with Crippen LogP contribution < -0.4 is 5.32 Å². The molecule has 1 N–H and O–H groups in total. The van der Waals surface area contributed by atoms with E-state index in [1.807, 2.05) is 0 Å². The molecule has 18 heavy (non-hydrogen) atoms. The van der Waals surface area contributed by atoms with Crippen LogP contribution in [0.4, 0.5) is 23.8 Å². The Balaban J connectivity index is 2.77. The standard InChI is InChI=1S/C10H12F3N3O2/c1-9(2,3)18-8(17)16-7-5-14-4-6(15-7)10(11,12)13/h4-5H,1-3H3,(H,15,16,17). The van der Waals surface area contributed by atoms with Gasteiger partial charge in [0.15, 0.2) is 11.5 Å². The van der Waals surface area contributed by atoms with Gasteiger partial charge in [0, 0.05) is 0 Å². The summed E-state index contributed by atoms with van der Waals surface area (Å²) in [6.07, 6.45) is -3.94. The van der Waals surface area contributed by atoms with Crippen molar-refractivity contribution in [1.29, 1.82) is 0 Å². The molecule has 1 aromatic rings. The van der Waals surface area contributed by atoms with Crippen LogP contribution in [0.3, 0.4) is 0 Å². The summed E-state index contributed by atoms with van der Waals surface area (Å²) in [5.41, 5.74) is -1.94. The van der Waals surface area contributed by atoms with Crippen LogP contribution in [0.15, 0.2) is 12.4 Å². The minimum Gasteiger partial charge on any atom is -0.444 e. The van der Waals surface area contributed by atoms with Gasteiger partial charge in [0.25, 0.3) is 0 Å². The summed E-state index contributed by atoms with van der Waals surface area (Å²) >= 11 is 0. The van der Waals surface area contributed by atoms with Crippen molar-refractivity contribution in [3.63, 3.8) is 0 Å². The highest BCUT2D eigenvalue weighted by atomic mass is 19.4. The molecule has 1 aromatic heterocycles. The van der Waals surface area contributed by atoms with E-state index in [9.17, 15) is 18.0 Å². The predicted octanol–water partition coefficient (Wildman–Crippen LogP) is 2.84. The largest absolute Gasteiger partial charge is 0.444 e. The fourth-order valence-electron chi connectivity index (χ4n) is 0.971. The normalized spacial score (nSPS) is 12.1. The van der Waals surface area contributed by atoms with Crippen LogP contribution in [-0.2, 0) is 10.9 Å². The minimum absolute atomic E-state index is 0.320.